The first-order chi connectivity index (χ1) is 8.26. The quantitative estimate of drug-likeness (QED) is 0.793. The molecule has 0 fully saturated rings. The van der Waals surface area contributed by atoms with Crippen LogP contribution in [0.15, 0.2) is 36.5 Å². The van der Waals surface area contributed by atoms with Crippen LogP contribution in [0.25, 0.3) is 11.1 Å². The Morgan fingerprint density at radius 2 is 2.12 bits per heavy atom. The van der Waals surface area contributed by atoms with E-state index in [1.807, 2.05) is 6.07 Å². The first-order valence-corrected chi connectivity index (χ1v) is 4.95. The van der Waals surface area contributed by atoms with Crippen molar-refractivity contribution in [2.45, 2.75) is 0 Å². The molecule has 2 rings (SSSR count). The molecule has 0 aliphatic heterocycles. The molecule has 4 heteroatoms. The maximum absolute atomic E-state index is 13.0. The van der Waals surface area contributed by atoms with Gasteiger partial charge in [0.25, 0.3) is 0 Å². The van der Waals surface area contributed by atoms with Gasteiger partial charge in [-0.1, -0.05) is 0 Å². The molecule has 84 valence electrons. The standard InChI is InChI=1S/C13H9FN2O/c1-17-13-12(3-2-6-16-13)11-5-4-10(14)7-9(11)8-15/h2-7H,1H3. The molecule has 0 amide bonds. The third kappa shape index (κ3) is 2.08. The van der Waals surface area contributed by atoms with E-state index in [0.29, 0.717) is 17.0 Å². The lowest BCUT2D eigenvalue weighted by Gasteiger charge is -2.08. The molecule has 17 heavy (non-hydrogen) atoms. The highest BCUT2D eigenvalue weighted by molar-refractivity contribution is 5.74. The van der Waals surface area contributed by atoms with Crippen molar-refractivity contribution in [2.24, 2.45) is 0 Å². The lowest BCUT2D eigenvalue weighted by Crippen LogP contribution is -1.93. The lowest BCUT2D eigenvalue weighted by atomic mass is 10.0. The summed E-state index contributed by atoms with van der Waals surface area (Å²) in [5.74, 6) is -0.0243. The predicted octanol–water partition coefficient (Wildman–Crippen LogP) is 2.77. The molecular weight excluding hydrogens is 219 g/mol. The highest BCUT2D eigenvalue weighted by atomic mass is 19.1. The summed E-state index contributed by atoms with van der Waals surface area (Å²) in [4.78, 5) is 4.05. The van der Waals surface area contributed by atoms with E-state index >= 15 is 0 Å². The van der Waals surface area contributed by atoms with Gasteiger partial charge in [0.2, 0.25) is 5.88 Å². The SMILES string of the molecule is COc1ncccc1-c1ccc(F)cc1C#N. The number of ether oxygens (including phenoxy) is 1. The second-order valence-electron chi connectivity index (χ2n) is 3.36. The molecule has 1 heterocycles. The lowest BCUT2D eigenvalue weighted by molar-refractivity contribution is 0.399. The molecule has 3 nitrogen and oxygen atoms in total. The summed E-state index contributed by atoms with van der Waals surface area (Å²) < 4.78 is 18.1. The van der Waals surface area contributed by atoms with Crippen LogP contribution in [0.4, 0.5) is 4.39 Å². The van der Waals surface area contributed by atoms with Crippen LogP contribution in [0, 0.1) is 17.1 Å². The van der Waals surface area contributed by atoms with Gasteiger partial charge in [-0.15, -0.1) is 0 Å². The van der Waals surface area contributed by atoms with Gasteiger partial charge in [-0.3, -0.25) is 0 Å². The first-order valence-electron chi connectivity index (χ1n) is 4.95. The minimum atomic E-state index is -0.437. The van der Waals surface area contributed by atoms with Crippen LogP contribution in [-0.2, 0) is 0 Å². The summed E-state index contributed by atoms with van der Waals surface area (Å²) in [6, 6.07) is 9.53. The van der Waals surface area contributed by atoms with Gasteiger partial charge < -0.3 is 4.74 Å². The third-order valence-corrected chi connectivity index (χ3v) is 2.36. The summed E-state index contributed by atoms with van der Waals surface area (Å²) in [6.45, 7) is 0. The van der Waals surface area contributed by atoms with E-state index in [1.165, 1.54) is 19.2 Å². The summed E-state index contributed by atoms with van der Waals surface area (Å²) in [7, 11) is 1.50. The normalized spacial score (nSPS) is 9.71. The molecule has 1 aromatic heterocycles. The third-order valence-electron chi connectivity index (χ3n) is 2.36. The maximum Gasteiger partial charge on any atom is 0.221 e. The molecule has 0 aliphatic rings. The van der Waals surface area contributed by atoms with Crippen LogP contribution in [0.1, 0.15) is 5.56 Å². The van der Waals surface area contributed by atoms with E-state index in [2.05, 4.69) is 4.98 Å². The van der Waals surface area contributed by atoms with Gasteiger partial charge in [-0.05, 0) is 30.3 Å². The average Bonchev–Trinajstić information content (AvgIpc) is 2.38. The summed E-state index contributed by atoms with van der Waals surface area (Å²) in [5, 5.41) is 8.99. The Balaban J connectivity index is 2.65. The molecule has 0 spiro atoms. The van der Waals surface area contributed by atoms with E-state index in [9.17, 15) is 4.39 Å². The van der Waals surface area contributed by atoms with Crippen LogP contribution >= 0.6 is 0 Å². The Kier molecular flexibility index (Phi) is 3.01. The number of rotatable bonds is 2. The molecule has 0 unspecified atom stereocenters. The topological polar surface area (TPSA) is 45.9 Å². The first kappa shape index (κ1) is 11.1. The Hall–Kier alpha value is -2.41. The summed E-state index contributed by atoms with van der Waals surface area (Å²) in [6.07, 6.45) is 1.60. The van der Waals surface area contributed by atoms with Crippen molar-refractivity contribution in [1.29, 1.82) is 5.26 Å². The minimum absolute atomic E-state index is 0.260. The number of pyridine rings is 1. The molecule has 0 bridgehead atoms. The fourth-order valence-electron chi connectivity index (χ4n) is 1.60. The van der Waals surface area contributed by atoms with Crippen molar-refractivity contribution in [3.8, 4) is 23.1 Å². The molecule has 0 saturated carbocycles. The number of benzene rings is 1. The largest absolute Gasteiger partial charge is 0.481 e. The van der Waals surface area contributed by atoms with Crippen molar-refractivity contribution in [3.05, 3.63) is 47.9 Å². The molecule has 1 aromatic carbocycles. The smallest absolute Gasteiger partial charge is 0.221 e. The second-order valence-corrected chi connectivity index (χ2v) is 3.36. The molecule has 0 aliphatic carbocycles. The van der Waals surface area contributed by atoms with E-state index in [0.717, 1.165) is 0 Å². The zero-order valence-corrected chi connectivity index (χ0v) is 9.14. The van der Waals surface area contributed by atoms with Gasteiger partial charge in [0.1, 0.15) is 5.82 Å². The summed E-state index contributed by atoms with van der Waals surface area (Å²) in [5.41, 5.74) is 1.54. The zero-order valence-electron chi connectivity index (χ0n) is 9.14. The number of hydrogen-bond donors (Lipinski definition) is 0. The average molecular weight is 228 g/mol. The summed E-state index contributed by atoms with van der Waals surface area (Å²) >= 11 is 0. The number of aromatic nitrogens is 1. The van der Waals surface area contributed by atoms with E-state index < -0.39 is 5.82 Å². The Morgan fingerprint density at radius 3 is 2.82 bits per heavy atom. The van der Waals surface area contributed by atoms with E-state index in [4.69, 9.17) is 10.00 Å². The highest BCUT2D eigenvalue weighted by Gasteiger charge is 2.11. The molecule has 0 N–H and O–H groups in total. The number of hydrogen-bond acceptors (Lipinski definition) is 3. The van der Waals surface area contributed by atoms with Crippen molar-refractivity contribution >= 4 is 0 Å². The maximum atomic E-state index is 13.0. The predicted molar refractivity (Wildman–Crippen MR) is 60.9 cm³/mol. The molecule has 0 saturated heterocycles. The van der Waals surface area contributed by atoms with Gasteiger partial charge in [0, 0.05) is 17.3 Å². The number of methoxy groups -OCH3 is 1. The molecular formula is C13H9FN2O. The van der Waals surface area contributed by atoms with Crippen LogP contribution in [0.2, 0.25) is 0 Å². The highest BCUT2D eigenvalue weighted by Crippen LogP contribution is 2.30. The number of nitriles is 1. The van der Waals surface area contributed by atoms with Crippen molar-refractivity contribution in [3.63, 3.8) is 0 Å². The van der Waals surface area contributed by atoms with Gasteiger partial charge >= 0.3 is 0 Å². The fourth-order valence-corrected chi connectivity index (χ4v) is 1.60. The van der Waals surface area contributed by atoms with Crippen LogP contribution in [-0.4, -0.2) is 12.1 Å². The number of halogens is 1. The van der Waals surface area contributed by atoms with Gasteiger partial charge in [-0.2, -0.15) is 5.26 Å². The van der Waals surface area contributed by atoms with Crippen LogP contribution < -0.4 is 4.74 Å². The Bertz CT molecular complexity index is 590. The fraction of sp³-hybridized carbons (Fsp3) is 0.0769. The number of nitrogens with zero attached hydrogens (tertiary/aromatic N) is 2. The van der Waals surface area contributed by atoms with Crippen LogP contribution in [0.5, 0.6) is 5.88 Å². The zero-order chi connectivity index (χ0) is 12.3. The molecule has 0 atom stereocenters. The van der Waals surface area contributed by atoms with Gasteiger partial charge in [-0.25, -0.2) is 9.37 Å². The van der Waals surface area contributed by atoms with Gasteiger partial charge in [0.15, 0.2) is 0 Å². The van der Waals surface area contributed by atoms with E-state index in [1.54, 1.807) is 24.4 Å². The van der Waals surface area contributed by atoms with Crippen molar-refractivity contribution in [1.82, 2.24) is 4.98 Å². The molecule has 0 radical (unpaired) electrons. The van der Waals surface area contributed by atoms with Crippen molar-refractivity contribution in [2.75, 3.05) is 7.11 Å². The van der Waals surface area contributed by atoms with Crippen molar-refractivity contribution < 1.29 is 9.13 Å². The molecule has 2 aromatic rings. The monoisotopic (exact) mass is 228 g/mol. The van der Waals surface area contributed by atoms with E-state index in [-0.39, 0.29) is 5.56 Å². The minimum Gasteiger partial charge on any atom is -0.481 e. The second kappa shape index (κ2) is 4.62. The Labute approximate surface area is 98.1 Å². The van der Waals surface area contributed by atoms with Crippen LogP contribution in [0.3, 0.4) is 0 Å². The van der Waals surface area contributed by atoms with Gasteiger partial charge in [0.05, 0.1) is 18.7 Å². The Morgan fingerprint density at radius 1 is 1.29 bits per heavy atom.